The first-order valence-electron chi connectivity index (χ1n) is 3.93. The predicted molar refractivity (Wildman–Crippen MR) is 52.0 cm³/mol. The van der Waals surface area contributed by atoms with Crippen molar-refractivity contribution in [2.75, 3.05) is 5.73 Å². The van der Waals surface area contributed by atoms with Gasteiger partial charge in [0, 0.05) is 15.9 Å². The molecular weight excluding hydrogens is 154 g/mol. The summed E-state index contributed by atoms with van der Waals surface area (Å²) in [4.78, 5) is 1.37. The molecule has 11 heavy (non-hydrogen) atoms. The molecular formula is C9H15NS. The second-order valence-corrected chi connectivity index (χ2v) is 4.41. The molecule has 0 saturated carbocycles. The lowest BCUT2D eigenvalue weighted by atomic mass is 10.0. The third-order valence-corrected chi connectivity index (χ3v) is 2.72. The second kappa shape index (κ2) is 3.26. The highest BCUT2D eigenvalue weighted by Crippen LogP contribution is 2.25. The first-order chi connectivity index (χ1) is 5.11. The summed E-state index contributed by atoms with van der Waals surface area (Å²) >= 11 is 1.75. The van der Waals surface area contributed by atoms with Crippen molar-refractivity contribution >= 4 is 17.0 Å². The van der Waals surface area contributed by atoms with E-state index in [0.717, 1.165) is 12.1 Å². The number of aryl methyl sites for hydroxylation is 1. The molecule has 1 aromatic heterocycles. The van der Waals surface area contributed by atoms with Crippen LogP contribution in [0, 0.1) is 12.8 Å². The van der Waals surface area contributed by atoms with Crippen LogP contribution in [-0.4, -0.2) is 0 Å². The third kappa shape index (κ3) is 1.96. The van der Waals surface area contributed by atoms with Crippen molar-refractivity contribution in [1.82, 2.24) is 0 Å². The number of nitrogens with two attached hydrogens (primary N) is 1. The van der Waals surface area contributed by atoms with E-state index in [-0.39, 0.29) is 0 Å². The van der Waals surface area contributed by atoms with Crippen molar-refractivity contribution in [1.29, 1.82) is 0 Å². The molecule has 0 spiro atoms. The highest BCUT2D eigenvalue weighted by atomic mass is 32.1. The Morgan fingerprint density at radius 1 is 1.55 bits per heavy atom. The van der Waals surface area contributed by atoms with Crippen LogP contribution in [-0.2, 0) is 6.42 Å². The molecule has 2 heteroatoms. The molecule has 1 heterocycles. The van der Waals surface area contributed by atoms with Gasteiger partial charge >= 0.3 is 0 Å². The highest BCUT2D eigenvalue weighted by molar-refractivity contribution is 7.10. The Morgan fingerprint density at radius 2 is 2.18 bits per heavy atom. The summed E-state index contributed by atoms with van der Waals surface area (Å²) in [6, 6.07) is 0. The van der Waals surface area contributed by atoms with E-state index in [1.54, 1.807) is 11.3 Å². The molecule has 2 N–H and O–H groups in total. The maximum absolute atomic E-state index is 5.80. The van der Waals surface area contributed by atoms with E-state index < -0.39 is 0 Å². The Kier molecular flexibility index (Phi) is 2.55. The maximum Gasteiger partial charge on any atom is 0.0458 e. The fourth-order valence-corrected chi connectivity index (χ4v) is 1.96. The molecule has 0 saturated heterocycles. The van der Waals surface area contributed by atoms with Crippen molar-refractivity contribution in [3.8, 4) is 0 Å². The highest BCUT2D eigenvalue weighted by Gasteiger charge is 2.06. The third-order valence-electron chi connectivity index (χ3n) is 1.75. The fourth-order valence-electron chi connectivity index (χ4n) is 1.17. The standard InChI is InChI=1S/C9H15NS/c1-6(2)4-8-7(3)11-5-9(8)10/h5-6H,4,10H2,1-3H3. The summed E-state index contributed by atoms with van der Waals surface area (Å²) in [5.74, 6) is 0.700. The minimum atomic E-state index is 0.700. The Morgan fingerprint density at radius 3 is 2.55 bits per heavy atom. The van der Waals surface area contributed by atoms with E-state index in [2.05, 4.69) is 20.8 Å². The van der Waals surface area contributed by atoms with Crippen LogP contribution < -0.4 is 5.73 Å². The number of hydrogen-bond donors (Lipinski definition) is 1. The average molecular weight is 169 g/mol. The summed E-state index contributed by atoms with van der Waals surface area (Å²) in [7, 11) is 0. The number of rotatable bonds is 2. The van der Waals surface area contributed by atoms with E-state index >= 15 is 0 Å². The molecule has 0 radical (unpaired) electrons. The van der Waals surface area contributed by atoms with Crippen LogP contribution in [0.25, 0.3) is 0 Å². The first kappa shape index (κ1) is 8.60. The van der Waals surface area contributed by atoms with Crippen LogP contribution in [0.15, 0.2) is 5.38 Å². The Bertz CT molecular complexity index is 218. The van der Waals surface area contributed by atoms with Gasteiger partial charge in [0.15, 0.2) is 0 Å². The van der Waals surface area contributed by atoms with E-state index in [4.69, 9.17) is 5.73 Å². The van der Waals surface area contributed by atoms with Gasteiger partial charge in [-0.25, -0.2) is 0 Å². The molecule has 0 unspecified atom stereocenters. The van der Waals surface area contributed by atoms with Gasteiger partial charge in [0.25, 0.3) is 0 Å². The number of nitrogen functional groups attached to an aromatic ring is 1. The molecule has 0 aliphatic carbocycles. The summed E-state index contributed by atoms with van der Waals surface area (Å²) in [5.41, 5.74) is 8.13. The summed E-state index contributed by atoms with van der Waals surface area (Å²) in [6.07, 6.45) is 1.11. The van der Waals surface area contributed by atoms with E-state index in [0.29, 0.717) is 5.92 Å². The van der Waals surface area contributed by atoms with Crippen molar-refractivity contribution in [2.24, 2.45) is 5.92 Å². The van der Waals surface area contributed by atoms with Gasteiger partial charge in [0.05, 0.1) is 0 Å². The predicted octanol–water partition coefficient (Wildman–Crippen LogP) is 2.84. The van der Waals surface area contributed by atoms with Crippen LogP contribution in [0.2, 0.25) is 0 Å². The van der Waals surface area contributed by atoms with Gasteiger partial charge < -0.3 is 5.73 Å². The van der Waals surface area contributed by atoms with Gasteiger partial charge in [-0.3, -0.25) is 0 Å². The SMILES string of the molecule is Cc1scc(N)c1CC(C)C. The lowest BCUT2D eigenvalue weighted by Crippen LogP contribution is -1.97. The zero-order valence-electron chi connectivity index (χ0n) is 7.35. The van der Waals surface area contributed by atoms with E-state index in [9.17, 15) is 0 Å². The zero-order chi connectivity index (χ0) is 8.43. The van der Waals surface area contributed by atoms with Gasteiger partial charge in [-0.1, -0.05) is 13.8 Å². The van der Waals surface area contributed by atoms with Crippen molar-refractivity contribution in [3.05, 3.63) is 15.8 Å². The zero-order valence-corrected chi connectivity index (χ0v) is 8.16. The van der Waals surface area contributed by atoms with Crippen molar-refractivity contribution in [3.63, 3.8) is 0 Å². The van der Waals surface area contributed by atoms with E-state index in [1.807, 2.05) is 5.38 Å². The average Bonchev–Trinajstić information content (AvgIpc) is 2.18. The monoisotopic (exact) mass is 169 g/mol. The topological polar surface area (TPSA) is 26.0 Å². The summed E-state index contributed by atoms with van der Waals surface area (Å²) in [6.45, 7) is 6.58. The van der Waals surface area contributed by atoms with Gasteiger partial charge in [0.1, 0.15) is 0 Å². The van der Waals surface area contributed by atoms with Crippen LogP contribution >= 0.6 is 11.3 Å². The number of thiophene rings is 1. The lowest BCUT2D eigenvalue weighted by molar-refractivity contribution is 0.648. The molecule has 1 aromatic rings. The minimum Gasteiger partial charge on any atom is -0.398 e. The lowest BCUT2D eigenvalue weighted by Gasteiger charge is -2.04. The summed E-state index contributed by atoms with van der Waals surface area (Å²) in [5, 5.41) is 2.03. The van der Waals surface area contributed by atoms with Crippen LogP contribution in [0.5, 0.6) is 0 Å². The number of hydrogen-bond acceptors (Lipinski definition) is 2. The van der Waals surface area contributed by atoms with Gasteiger partial charge in [-0.05, 0) is 24.8 Å². The normalized spacial score (nSPS) is 10.9. The Balaban J connectivity index is 2.83. The molecule has 1 rings (SSSR count). The molecule has 0 aromatic carbocycles. The molecule has 1 nitrogen and oxygen atoms in total. The van der Waals surface area contributed by atoms with Crippen LogP contribution in [0.1, 0.15) is 24.3 Å². The molecule has 0 aliphatic heterocycles. The Hall–Kier alpha value is -0.500. The smallest absolute Gasteiger partial charge is 0.0458 e. The van der Waals surface area contributed by atoms with Crippen LogP contribution in [0.4, 0.5) is 5.69 Å². The molecule has 0 bridgehead atoms. The second-order valence-electron chi connectivity index (χ2n) is 3.32. The van der Waals surface area contributed by atoms with Crippen molar-refractivity contribution < 1.29 is 0 Å². The van der Waals surface area contributed by atoms with Crippen LogP contribution in [0.3, 0.4) is 0 Å². The largest absolute Gasteiger partial charge is 0.398 e. The molecule has 62 valence electrons. The molecule has 0 fully saturated rings. The molecule has 0 atom stereocenters. The fraction of sp³-hybridized carbons (Fsp3) is 0.556. The van der Waals surface area contributed by atoms with Gasteiger partial charge in [0.2, 0.25) is 0 Å². The Labute approximate surface area is 72.2 Å². The molecule has 0 amide bonds. The number of anilines is 1. The first-order valence-corrected chi connectivity index (χ1v) is 4.81. The quantitative estimate of drug-likeness (QED) is 0.724. The van der Waals surface area contributed by atoms with E-state index in [1.165, 1.54) is 10.4 Å². The van der Waals surface area contributed by atoms with Crippen molar-refractivity contribution in [2.45, 2.75) is 27.2 Å². The summed E-state index contributed by atoms with van der Waals surface area (Å²) < 4.78 is 0. The maximum atomic E-state index is 5.80. The van der Waals surface area contributed by atoms with Gasteiger partial charge in [-0.15, -0.1) is 11.3 Å². The molecule has 0 aliphatic rings. The minimum absolute atomic E-state index is 0.700. The van der Waals surface area contributed by atoms with Gasteiger partial charge in [-0.2, -0.15) is 0 Å².